The molecule has 1 saturated heterocycles. The summed E-state index contributed by atoms with van der Waals surface area (Å²) in [6.07, 6.45) is 3.51. The van der Waals surface area contributed by atoms with Gasteiger partial charge in [-0.2, -0.15) is 0 Å². The maximum atomic E-state index is 11.5. The summed E-state index contributed by atoms with van der Waals surface area (Å²) in [5, 5.41) is 5.45. The van der Waals surface area contributed by atoms with E-state index >= 15 is 0 Å². The van der Waals surface area contributed by atoms with Crippen molar-refractivity contribution in [2.45, 2.75) is 13.3 Å². The topological polar surface area (TPSA) is 29.1 Å². The molecule has 0 amide bonds. The minimum absolute atomic E-state index is 0.195. The van der Waals surface area contributed by atoms with Gasteiger partial charge >= 0.3 is 0 Å². The van der Waals surface area contributed by atoms with Crippen LogP contribution < -0.4 is 5.32 Å². The van der Waals surface area contributed by atoms with Crippen LogP contribution in [0.3, 0.4) is 0 Å². The number of carbonyl (C=O) groups excluding carboxylic acids is 1. The molecule has 2 nitrogen and oxygen atoms in total. The summed E-state index contributed by atoms with van der Waals surface area (Å²) in [4.78, 5) is 12.4. The number of nitrogens with one attached hydrogen (secondary N) is 1. The molecule has 2 aliphatic rings. The van der Waals surface area contributed by atoms with E-state index in [1.54, 1.807) is 18.3 Å². The van der Waals surface area contributed by atoms with Crippen LogP contribution in [-0.4, -0.2) is 18.9 Å². The van der Waals surface area contributed by atoms with Gasteiger partial charge in [-0.1, -0.05) is 6.08 Å². The van der Waals surface area contributed by atoms with E-state index in [-0.39, 0.29) is 5.78 Å². The average Bonchev–Trinajstić information content (AvgIpc) is 2.91. The molecule has 0 spiro atoms. The molecule has 0 saturated carbocycles. The third-order valence-electron chi connectivity index (χ3n) is 3.62. The summed E-state index contributed by atoms with van der Waals surface area (Å²) in [7, 11) is 0. The van der Waals surface area contributed by atoms with Crippen molar-refractivity contribution in [3.05, 3.63) is 28.0 Å². The zero-order chi connectivity index (χ0) is 11.1. The van der Waals surface area contributed by atoms with E-state index in [0.29, 0.717) is 5.92 Å². The molecule has 1 aromatic heterocycles. The van der Waals surface area contributed by atoms with Crippen molar-refractivity contribution in [1.82, 2.24) is 5.32 Å². The highest BCUT2D eigenvalue weighted by molar-refractivity contribution is 7.12. The Bertz CT molecular complexity index is 460. The van der Waals surface area contributed by atoms with E-state index in [4.69, 9.17) is 0 Å². The maximum Gasteiger partial charge on any atom is 0.170 e. The van der Waals surface area contributed by atoms with Crippen LogP contribution >= 0.6 is 11.3 Å². The smallest absolute Gasteiger partial charge is 0.170 e. The first-order chi connectivity index (χ1) is 7.75. The van der Waals surface area contributed by atoms with Gasteiger partial charge < -0.3 is 5.32 Å². The molecule has 1 aliphatic heterocycles. The molecule has 2 heterocycles. The monoisotopic (exact) mass is 233 g/mol. The Morgan fingerprint density at radius 3 is 3.12 bits per heavy atom. The molecule has 1 N–H and O–H groups in total. The minimum Gasteiger partial charge on any atom is -0.316 e. The number of rotatable bonds is 2. The number of Topliss-reactive ketones (excluding diaryl/α,β-unsaturated/α-hetero) is 1. The van der Waals surface area contributed by atoms with Gasteiger partial charge in [-0.3, -0.25) is 4.79 Å². The van der Waals surface area contributed by atoms with Crippen LogP contribution in [0.25, 0.3) is 5.57 Å². The Labute approximate surface area is 99.4 Å². The third kappa shape index (κ3) is 1.55. The zero-order valence-corrected chi connectivity index (χ0v) is 10.1. The second kappa shape index (κ2) is 3.82. The Morgan fingerprint density at radius 2 is 2.38 bits per heavy atom. The van der Waals surface area contributed by atoms with E-state index in [1.165, 1.54) is 11.1 Å². The number of carbonyl (C=O) groups is 1. The van der Waals surface area contributed by atoms with Gasteiger partial charge in [0, 0.05) is 6.54 Å². The van der Waals surface area contributed by atoms with Crippen molar-refractivity contribution < 1.29 is 4.79 Å². The fraction of sp³-hybridized carbons (Fsp3) is 0.462. The summed E-state index contributed by atoms with van der Waals surface area (Å²) < 4.78 is 0. The fourth-order valence-electron chi connectivity index (χ4n) is 2.82. The van der Waals surface area contributed by atoms with Crippen molar-refractivity contribution in [2.24, 2.45) is 11.8 Å². The Balaban J connectivity index is 1.93. The molecule has 0 bridgehead atoms. The summed E-state index contributed by atoms with van der Waals surface area (Å²) in [5.74, 6) is 1.64. The number of hydrogen-bond donors (Lipinski definition) is 1. The van der Waals surface area contributed by atoms with Crippen LogP contribution in [0.5, 0.6) is 0 Å². The minimum atomic E-state index is 0.195. The molecule has 84 valence electrons. The van der Waals surface area contributed by atoms with Gasteiger partial charge in [0.1, 0.15) is 0 Å². The average molecular weight is 233 g/mol. The number of allylic oxidation sites excluding steroid dienone is 1. The molecule has 1 aliphatic carbocycles. The van der Waals surface area contributed by atoms with Gasteiger partial charge in [0.25, 0.3) is 0 Å². The summed E-state index contributed by atoms with van der Waals surface area (Å²) in [6.45, 7) is 3.89. The highest BCUT2D eigenvalue weighted by Crippen LogP contribution is 2.40. The molecule has 1 aromatic rings. The Morgan fingerprint density at radius 1 is 1.50 bits per heavy atom. The van der Waals surface area contributed by atoms with E-state index in [2.05, 4.69) is 17.5 Å². The van der Waals surface area contributed by atoms with E-state index in [1.807, 2.05) is 5.38 Å². The number of thiophene rings is 1. The summed E-state index contributed by atoms with van der Waals surface area (Å²) in [6, 6.07) is 2.10. The van der Waals surface area contributed by atoms with Crippen LogP contribution in [0.1, 0.15) is 28.6 Å². The van der Waals surface area contributed by atoms with E-state index in [0.717, 1.165) is 30.3 Å². The molecule has 3 heteroatoms. The number of ketones is 1. The van der Waals surface area contributed by atoms with Gasteiger partial charge in [0.05, 0.1) is 4.88 Å². The first-order valence-corrected chi connectivity index (χ1v) is 6.64. The Hall–Kier alpha value is -0.930. The molecular formula is C13H15NOS. The van der Waals surface area contributed by atoms with Crippen molar-refractivity contribution in [3.63, 3.8) is 0 Å². The largest absolute Gasteiger partial charge is 0.316 e. The molecule has 16 heavy (non-hydrogen) atoms. The highest BCUT2D eigenvalue weighted by atomic mass is 32.1. The molecule has 3 rings (SSSR count). The van der Waals surface area contributed by atoms with Crippen LogP contribution in [0, 0.1) is 11.8 Å². The molecule has 2 atom stereocenters. The molecule has 0 aromatic carbocycles. The Kier molecular flexibility index (Phi) is 2.45. The highest BCUT2D eigenvalue weighted by Gasteiger charge is 2.32. The van der Waals surface area contributed by atoms with Crippen molar-refractivity contribution in [2.75, 3.05) is 13.1 Å². The maximum absolute atomic E-state index is 11.5. The first kappa shape index (κ1) is 10.2. The van der Waals surface area contributed by atoms with Crippen molar-refractivity contribution in [1.29, 1.82) is 0 Å². The van der Waals surface area contributed by atoms with Crippen molar-refractivity contribution >= 4 is 22.7 Å². The van der Waals surface area contributed by atoms with Gasteiger partial charge in [0.15, 0.2) is 5.78 Å². The van der Waals surface area contributed by atoms with Gasteiger partial charge in [-0.25, -0.2) is 0 Å². The third-order valence-corrected chi connectivity index (χ3v) is 4.64. The van der Waals surface area contributed by atoms with Crippen LogP contribution in [0.4, 0.5) is 0 Å². The van der Waals surface area contributed by atoms with Crippen LogP contribution in [0.2, 0.25) is 0 Å². The second-order valence-corrected chi connectivity index (χ2v) is 5.61. The van der Waals surface area contributed by atoms with Crippen molar-refractivity contribution in [3.8, 4) is 0 Å². The lowest BCUT2D eigenvalue weighted by Gasteiger charge is -2.06. The zero-order valence-electron chi connectivity index (χ0n) is 9.32. The standard InChI is InChI=1S/C13H15NOS/c1-8(15)13-12(2-3-16-13)9-4-10-6-14-7-11(10)5-9/h2-4,10-11,14H,5-7H2,1H3. The summed E-state index contributed by atoms with van der Waals surface area (Å²) >= 11 is 1.57. The first-order valence-electron chi connectivity index (χ1n) is 5.76. The van der Waals surface area contributed by atoms with Crippen LogP contribution in [-0.2, 0) is 0 Å². The number of hydrogen-bond acceptors (Lipinski definition) is 3. The van der Waals surface area contributed by atoms with Gasteiger partial charge in [-0.05, 0) is 54.3 Å². The van der Waals surface area contributed by atoms with E-state index in [9.17, 15) is 4.79 Å². The lowest BCUT2D eigenvalue weighted by atomic mass is 9.98. The van der Waals surface area contributed by atoms with Crippen LogP contribution in [0.15, 0.2) is 17.5 Å². The predicted molar refractivity (Wildman–Crippen MR) is 66.8 cm³/mol. The molecular weight excluding hydrogens is 218 g/mol. The SMILES string of the molecule is CC(=O)c1sccc1C1=CC2CNCC2C1. The number of fused-ring (bicyclic) bond motifs is 1. The lowest BCUT2D eigenvalue weighted by molar-refractivity contribution is 0.102. The summed E-state index contributed by atoms with van der Waals surface area (Å²) in [5.41, 5.74) is 2.58. The van der Waals surface area contributed by atoms with E-state index < -0.39 is 0 Å². The van der Waals surface area contributed by atoms with Gasteiger partial charge in [0.2, 0.25) is 0 Å². The molecule has 0 radical (unpaired) electrons. The molecule has 1 fully saturated rings. The quantitative estimate of drug-likeness (QED) is 0.795. The second-order valence-electron chi connectivity index (χ2n) is 4.70. The fourth-order valence-corrected chi connectivity index (χ4v) is 3.65. The van der Waals surface area contributed by atoms with Gasteiger partial charge in [-0.15, -0.1) is 11.3 Å². The lowest BCUT2D eigenvalue weighted by Crippen LogP contribution is -2.09. The molecule has 2 unspecified atom stereocenters. The predicted octanol–water partition coefficient (Wildman–Crippen LogP) is 2.57. The normalized spacial score (nSPS) is 27.9.